The minimum atomic E-state index is -3.77. The average molecular weight is 384 g/mol. The van der Waals surface area contributed by atoms with Gasteiger partial charge in [0, 0.05) is 17.6 Å². The molecule has 0 saturated heterocycles. The van der Waals surface area contributed by atoms with Crippen LogP contribution in [-0.2, 0) is 14.8 Å². The molecule has 7 nitrogen and oxygen atoms in total. The summed E-state index contributed by atoms with van der Waals surface area (Å²) in [5.74, 6) is -0.169. The predicted octanol–water partition coefficient (Wildman–Crippen LogP) is 2.92. The number of nitrogens with one attached hydrogen (secondary N) is 2. The van der Waals surface area contributed by atoms with Gasteiger partial charge in [-0.3, -0.25) is 4.79 Å². The Labute approximate surface area is 158 Å². The zero-order chi connectivity index (χ0) is 20.0. The third-order valence-electron chi connectivity index (χ3n) is 3.77. The maximum Gasteiger partial charge on any atom is 0.267 e. The number of carbonyl (C=O) groups excluding carboxylic acids is 1. The predicted molar refractivity (Wildman–Crippen MR) is 104 cm³/mol. The van der Waals surface area contributed by atoms with Gasteiger partial charge >= 0.3 is 0 Å². The van der Waals surface area contributed by atoms with E-state index in [1.165, 1.54) is 30.5 Å². The Hall–Kier alpha value is -3.15. The second-order valence-electron chi connectivity index (χ2n) is 6.11. The van der Waals surface area contributed by atoms with Gasteiger partial charge in [-0.05, 0) is 47.9 Å². The van der Waals surface area contributed by atoms with Crippen LogP contribution in [0.1, 0.15) is 25.3 Å². The smallest absolute Gasteiger partial charge is 0.267 e. The molecule has 0 radical (unpaired) electrons. The molecule has 8 heteroatoms. The van der Waals surface area contributed by atoms with Gasteiger partial charge in [-0.1, -0.05) is 26.0 Å². The normalized spacial score (nSPS) is 11.7. The van der Waals surface area contributed by atoms with Crippen molar-refractivity contribution in [2.24, 2.45) is 5.14 Å². The van der Waals surface area contributed by atoms with E-state index >= 15 is 0 Å². The first-order valence-electron chi connectivity index (χ1n) is 8.11. The number of hydrogen-bond acceptors (Lipinski definition) is 5. The van der Waals surface area contributed by atoms with Crippen LogP contribution in [0.2, 0.25) is 0 Å². The third kappa shape index (κ3) is 5.67. The fourth-order valence-electron chi connectivity index (χ4n) is 2.19. The van der Waals surface area contributed by atoms with Crippen LogP contribution in [-0.4, -0.2) is 14.3 Å². The summed E-state index contributed by atoms with van der Waals surface area (Å²) >= 11 is 0. The number of rotatable bonds is 6. The van der Waals surface area contributed by atoms with Gasteiger partial charge < -0.3 is 10.6 Å². The largest absolute Gasteiger partial charge is 0.360 e. The maximum atomic E-state index is 12.2. The van der Waals surface area contributed by atoms with Crippen LogP contribution in [0.5, 0.6) is 0 Å². The van der Waals surface area contributed by atoms with E-state index < -0.39 is 15.9 Å². The topological polar surface area (TPSA) is 125 Å². The zero-order valence-electron chi connectivity index (χ0n) is 14.9. The first kappa shape index (κ1) is 20.2. The van der Waals surface area contributed by atoms with Crippen molar-refractivity contribution in [1.82, 2.24) is 0 Å². The number of nitrogens with zero attached hydrogens (tertiary/aromatic N) is 1. The average Bonchev–Trinajstić information content (AvgIpc) is 2.62. The number of amides is 1. The summed E-state index contributed by atoms with van der Waals surface area (Å²) in [6.45, 7) is 4.15. The van der Waals surface area contributed by atoms with Crippen LogP contribution in [0.3, 0.4) is 0 Å². The SMILES string of the molecule is CC(C)c1ccc(NC(=O)/C(C#N)=C\Nc2ccc(S(N)(=O)=O)cc2)cc1. The van der Waals surface area contributed by atoms with Crippen molar-refractivity contribution in [2.75, 3.05) is 10.6 Å². The van der Waals surface area contributed by atoms with Gasteiger partial charge in [-0.2, -0.15) is 5.26 Å². The molecule has 0 spiro atoms. The van der Waals surface area contributed by atoms with E-state index in [0.717, 1.165) is 5.56 Å². The molecule has 0 aliphatic carbocycles. The molecule has 0 unspecified atom stereocenters. The Kier molecular flexibility index (Phi) is 6.34. The van der Waals surface area contributed by atoms with E-state index in [-0.39, 0.29) is 10.5 Å². The summed E-state index contributed by atoms with van der Waals surface area (Å²) in [4.78, 5) is 12.2. The van der Waals surface area contributed by atoms with Gasteiger partial charge in [-0.15, -0.1) is 0 Å². The number of sulfonamides is 1. The number of primary sulfonamides is 1. The van der Waals surface area contributed by atoms with Gasteiger partial charge in [-0.25, -0.2) is 13.6 Å². The lowest BCUT2D eigenvalue weighted by molar-refractivity contribution is -0.112. The van der Waals surface area contributed by atoms with E-state index in [9.17, 15) is 18.5 Å². The van der Waals surface area contributed by atoms with Crippen LogP contribution in [0.4, 0.5) is 11.4 Å². The van der Waals surface area contributed by atoms with Crippen LogP contribution >= 0.6 is 0 Å². The second-order valence-corrected chi connectivity index (χ2v) is 7.68. The highest BCUT2D eigenvalue weighted by Crippen LogP contribution is 2.18. The first-order chi connectivity index (χ1) is 12.7. The van der Waals surface area contributed by atoms with Crippen molar-refractivity contribution < 1.29 is 13.2 Å². The highest BCUT2D eigenvalue weighted by molar-refractivity contribution is 7.89. The van der Waals surface area contributed by atoms with E-state index in [0.29, 0.717) is 17.3 Å². The molecular formula is C19H20N4O3S. The molecule has 2 aromatic carbocycles. The minimum Gasteiger partial charge on any atom is -0.360 e. The maximum absolute atomic E-state index is 12.2. The molecule has 2 aromatic rings. The fraction of sp³-hybridized carbons (Fsp3) is 0.158. The number of nitriles is 1. The van der Waals surface area contributed by atoms with Crippen molar-refractivity contribution in [3.63, 3.8) is 0 Å². The molecule has 140 valence electrons. The molecule has 0 aliphatic rings. The standard InChI is InChI=1S/C19H20N4O3S/c1-13(2)14-3-5-17(6-4-14)23-19(24)15(11-20)12-22-16-7-9-18(10-8-16)27(21,25)26/h3-10,12-13,22H,1-2H3,(H,23,24)(H2,21,25,26)/b15-12-. The van der Waals surface area contributed by atoms with Crippen LogP contribution < -0.4 is 15.8 Å². The van der Waals surface area contributed by atoms with Crippen molar-refractivity contribution in [3.8, 4) is 6.07 Å². The summed E-state index contributed by atoms with van der Waals surface area (Å²) in [7, 11) is -3.77. The number of anilines is 2. The molecule has 0 aliphatic heterocycles. The molecule has 0 fully saturated rings. The van der Waals surface area contributed by atoms with Gasteiger partial charge in [0.1, 0.15) is 11.6 Å². The molecule has 0 heterocycles. The second kappa shape index (κ2) is 8.49. The van der Waals surface area contributed by atoms with Gasteiger partial charge in [0.25, 0.3) is 5.91 Å². The Morgan fingerprint density at radius 1 is 1.07 bits per heavy atom. The molecule has 0 saturated carbocycles. The number of hydrogen-bond donors (Lipinski definition) is 3. The highest BCUT2D eigenvalue weighted by Gasteiger charge is 2.10. The lowest BCUT2D eigenvalue weighted by Crippen LogP contribution is -2.14. The van der Waals surface area contributed by atoms with Crippen molar-refractivity contribution in [2.45, 2.75) is 24.7 Å². The Balaban J connectivity index is 2.06. The van der Waals surface area contributed by atoms with Crippen molar-refractivity contribution >= 4 is 27.3 Å². The van der Waals surface area contributed by atoms with Crippen LogP contribution in [0.25, 0.3) is 0 Å². The summed E-state index contributed by atoms with van der Waals surface area (Å²) in [6.07, 6.45) is 1.25. The molecule has 4 N–H and O–H groups in total. The lowest BCUT2D eigenvalue weighted by atomic mass is 10.0. The monoisotopic (exact) mass is 384 g/mol. The molecule has 1 amide bonds. The quantitative estimate of drug-likeness (QED) is 0.521. The Morgan fingerprint density at radius 2 is 1.63 bits per heavy atom. The first-order valence-corrected chi connectivity index (χ1v) is 9.66. The molecule has 27 heavy (non-hydrogen) atoms. The van der Waals surface area contributed by atoms with E-state index in [1.807, 2.05) is 18.2 Å². The summed E-state index contributed by atoms with van der Waals surface area (Å²) in [5.41, 5.74) is 2.11. The number of nitrogens with two attached hydrogens (primary N) is 1. The summed E-state index contributed by atoms with van der Waals surface area (Å²) < 4.78 is 22.5. The zero-order valence-corrected chi connectivity index (χ0v) is 15.7. The van der Waals surface area contributed by atoms with Gasteiger partial charge in [0.2, 0.25) is 10.0 Å². The van der Waals surface area contributed by atoms with Crippen molar-refractivity contribution in [1.29, 1.82) is 5.26 Å². The molecular weight excluding hydrogens is 364 g/mol. The number of benzene rings is 2. The third-order valence-corrected chi connectivity index (χ3v) is 4.70. The fourth-order valence-corrected chi connectivity index (χ4v) is 2.71. The molecule has 0 bridgehead atoms. The highest BCUT2D eigenvalue weighted by atomic mass is 32.2. The molecule has 2 rings (SSSR count). The summed E-state index contributed by atoms with van der Waals surface area (Å²) in [6, 6.07) is 14.8. The van der Waals surface area contributed by atoms with Crippen LogP contribution in [0, 0.1) is 11.3 Å². The van der Waals surface area contributed by atoms with Gasteiger partial charge in [0.15, 0.2) is 0 Å². The Morgan fingerprint density at radius 3 is 2.11 bits per heavy atom. The minimum absolute atomic E-state index is 0.0277. The molecule has 0 aromatic heterocycles. The Bertz CT molecular complexity index is 987. The van der Waals surface area contributed by atoms with Gasteiger partial charge in [0.05, 0.1) is 4.90 Å². The number of carbonyl (C=O) groups is 1. The van der Waals surface area contributed by atoms with E-state index in [1.54, 1.807) is 12.1 Å². The van der Waals surface area contributed by atoms with Crippen LogP contribution in [0.15, 0.2) is 65.2 Å². The van der Waals surface area contributed by atoms with E-state index in [4.69, 9.17) is 5.14 Å². The summed E-state index contributed by atoms with van der Waals surface area (Å²) in [5, 5.41) is 19.7. The van der Waals surface area contributed by atoms with E-state index in [2.05, 4.69) is 24.5 Å². The van der Waals surface area contributed by atoms with Crippen molar-refractivity contribution in [3.05, 3.63) is 65.9 Å². The molecule has 0 atom stereocenters. The lowest BCUT2D eigenvalue weighted by Gasteiger charge is -2.08.